The summed E-state index contributed by atoms with van der Waals surface area (Å²) < 4.78 is 40.9. The van der Waals surface area contributed by atoms with Gasteiger partial charge in [0.2, 0.25) is 11.8 Å². The SMILES string of the molecule is O=C1C[C@H](C(=O)NC(c2ccc(Cl)cc2)c2ccc(OC(F)(F)F)cc2)CN1. The fraction of sp³-hybridized carbons (Fsp3) is 0.263. The number of ether oxygens (including phenoxy) is 1. The number of carbonyl (C=O) groups excluding carboxylic acids is 2. The topological polar surface area (TPSA) is 67.4 Å². The molecule has 2 aromatic rings. The van der Waals surface area contributed by atoms with E-state index in [0.717, 1.165) is 0 Å². The molecule has 0 saturated carbocycles. The lowest BCUT2D eigenvalue weighted by atomic mass is 9.97. The van der Waals surface area contributed by atoms with Crippen molar-refractivity contribution in [3.05, 3.63) is 64.7 Å². The first kappa shape index (κ1) is 20.0. The molecule has 2 atom stereocenters. The van der Waals surface area contributed by atoms with E-state index in [1.807, 2.05) is 0 Å². The van der Waals surface area contributed by atoms with Crippen LogP contribution in [0, 0.1) is 5.92 Å². The average molecular weight is 413 g/mol. The number of hydrogen-bond acceptors (Lipinski definition) is 3. The molecular weight excluding hydrogens is 397 g/mol. The Balaban J connectivity index is 1.84. The molecule has 2 amide bonds. The molecule has 1 saturated heterocycles. The summed E-state index contributed by atoms with van der Waals surface area (Å²) in [6, 6.07) is 11.3. The van der Waals surface area contributed by atoms with E-state index in [2.05, 4.69) is 15.4 Å². The van der Waals surface area contributed by atoms with Crippen molar-refractivity contribution in [3.63, 3.8) is 0 Å². The minimum absolute atomic E-state index is 0.0948. The van der Waals surface area contributed by atoms with E-state index in [-0.39, 0.29) is 30.5 Å². The lowest BCUT2D eigenvalue weighted by Gasteiger charge is -2.22. The van der Waals surface area contributed by atoms with Gasteiger partial charge in [-0.3, -0.25) is 9.59 Å². The molecule has 3 rings (SSSR count). The van der Waals surface area contributed by atoms with Crippen LogP contribution in [0.1, 0.15) is 23.6 Å². The number of nitrogens with one attached hydrogen (secondary N) is 2. The number of halogens is 4. The Kier molecular flexibility index (Phi) is 5.79. The van der Waals surface area contributed by atoms with Crippen LogP contribution in [0.4, 0.5) is 13.2 Å². The average Bonchev–Trinajstić information content (AvgIpc) is 3.06. The lowest BCUT2D eigenvalue weighted by molar-refractivity contribution is -0.274. The highest BCUT2D eigenvalue weighted by molar-refractivity contribution is 6.30. The Labute approximate surface area is 163 Å². The maximum Gasteiger partial charge on any atom is 0.573 e. The van der Waals surface area contributed by atoms with E-state index in [1.54, 1.807) is 24.3 Å². The van der Waals surface area contributed by atoms with E-state index in [1.165, 1.54) is 24.3 Å². The Morgan fingerprint density at radius 3 is 2.18 bits per heavy atom. The van der Waals surface area contributed by atoms with Gasteiger partial charge < -0.3 is 15.4 Å². The summed E-state index contributed by atoms with van der Waals surface area (Å²) in [5, 5.41) is 5.97. The smallest absolute Gasteiger partial charge is 0.406 e. The molecule has 5 nitrogen and oxygen atoms in total. The maximum absolute atomic E-state index is 12.6. The highest BCUT2D eigenvalue weighted by Gasteiger charge is 2.32. The standard InChI is InChI=1S/C19H16ClF3N2O3/c20-14-5-1-11(2-6-14)17(25-18(27)13-9-16(26)24-10-13)12-3-7-15(8-4-12)28-19(21,22)23/h1-8,13,17H,9-10H2,(H,24,26)(H,25,27)/t13-,17?/m0/s1. The fourth-order valence-electron chi connectivity index (χ4n) is 2.93. The highest BCUT2D eigenvalue weighted by Crippen LogP contribution is 2.28. The van der Waals surface area contributed by atoms with E-state index in [9.17, 15) is 22.8 Å². The van der Waals surface area contributed by atoms with Crippen molar-refractivity contribution in [2.24, 2.45) is 5.92 Å². The molecule has 1 fully saturated rings. The molecule has 0 bridgehead atoms. The zero-order chi connectivity index (χ0) is 20.3. The molecule has 148 valence electrons. The Bertz CT molecular complexity index is 854. The van der Waals surface area contributed by atoms with Crippen LogP contribution < -0.4 is 15.4 Å². The summed E-state index contributed by atoms with van der Waals surface area (Å²) in [7, 11) is 0. The van der Waals surface area contributed by atoms with Crippen molar-refractivity contribution in [1.29, 1.82) is 0 Å². The number of carbonyl (C=O) groups is 2. The van der Waals surface area contributed by atoms with E-state index >= 15 is 0 Å². The van der Waals surface area contributed by atoms with Crippen LogP contribution in [0.2, 0.25) is 5.02 Å². The second-order valence-corrected chi connectivity index (χ2v) is 6.75. The zero-order valence-corrected chi connectivity index (χ0v) is 15.2. The van der Waals surface area contributed by atoms with Gasteiger partial charge in [0.15, 0.2) is 0 Å². The third kappa shape index (κ3) is 5.16. The predicted molar refractivity (Wildman–Crippen MR) is 95.7 cm³/mol. The zero-order valence-electron chi connectivity index (χ0n) is 14.4. The van der Waals surface area contributed by atoms with E-state index in [0.29, 0.717) is 16.1 Å². The van der Waals surface area contributed by atoms with Crippen LogP contribution in [0.5, 0.6) is 5.75 Å². The third-order valence-electron chi connectivity index (χ3n) is 4.29. The van der Waals surface area contributed by atoms with Crippen molar-refractivity contribution in [2.75, 3.05) is 6.54 Å². The van der Waals surface area contributed by atoms with Crippen molar-refractivity contribution in [1.82, 2.24) is 10.6 Å². The van der Waals surface area contributed by atoms with Crippen molar-refractivity contribution >= 4 is 23.4 Å². The van der Waals surface area contributed by atoms with Crippen molar-refractivity contribution < 1.29 is 27.5 Å². The fourth-order valence-corrected chi connectivity index (χ4v) is 3.05. The first-order valence-electron chi connectivity index (χ1n) is 8.39. The van der Waals surface area contributed by atoms with Crippen LogP contribution in [0.25, 0.3) is 0 Å². The van der Waals surface area contributed by atoms with Gasteiger partial charge in [0.05, 0.1) is 12.0 Å². The van der Waals surface area contributed by atoms with E-state index < -0.39 is 18.3 Å². The second-order valence-electron chi connectivity index (χ2n) is 6.32. The summed E-state index contributed by atoms with van der Waals surface area (Å²) in [5.41, 5.74) is 1.25. The summed E-state index contributed by atoms with van der Waals surface area (Å²) in [6.45, 7) is 0.246. The predicted octanol–water partition coefficient (Wildman–Crippen LogP) is 3.58. The van der Waals surface area contributed by atoms with Gasteiger partial charge in [-0.05, 0) is 35.4 Å². The number of hydrogen-bond donors (Lipinski definition) is 2. The summed E-state index contributed by atoms with van der Waals surface area (Å²) in [5.74, 6) is -1.39. The maximum atomic E-state index is 12.6. The number of rotatable bonds is 5. The quantitative estimate of drug-likeness (QED) is 0.788. The molecule has 2 aromatic carbocycles. The Hall–Kier alpha value is -2.74. The van der Waals surface area contributed by atoms with Crippen LogP contribution in [0.3, 0.4) is 0 Å². The van der Waals surface area contributed by atoms with Gasteiger partial charge in [0.25, 0.3) is 0 Å². The Morgan fingerprint density at radius 2 is 1.68 bits per heavy atom. The first-order valence-corrected chi connectivity index (χ1v) is 8.77. The molecule has 1 heterocycles. The molecule has 2 N–H and O–H groups in total. The normalized spacial score (nSPS) is 17.7. The molecule has 0 aliphatic carbocycles. The van der Waals surface area contributed by atoms with Crippen LogP contribution >= 0.6 is 11.6 Å². The summed E-state index contributed by atoms with van der Waals surface area (Å²) in [4.78, 5) is 23.9. The highest BCUT2D eigenvalue weighted by atomic mass is 35.5. The minimum atomic E-state index is -4.78. The van der Waals surface area contributed by atoms with Crippen molar-refractivity contribution in [3.8, 4) is 5.75 Å². The first-order chi connectivity index (χ1) is 13.2. The van der Waals surface area contributed by atoms with Crippen LogP contribution in [-0.4, -0.2) is 24.7 Å². The van der Waals surface area contributed by atoms with Gasteiger partial charge in [-0.1, -0.05) is 35.9 Å². The number of alkyl halides is 3. The largest absolute Gasteiger partial charge is 0.573 e. The minimum Gasteiger partial charge on any atom is -0.406 e. The summed E-state index contributed by atoms with van der Waals surface area (Å²) in [6.07, 6.45) is -4.69. The molecule has 1 aliphatic rings. The number of benzene rings is 2. The molecule has 1 unspecified atom stereocenters. The van der Waals surface area contributed by atoms with Gasteiger partial charge in [-0.2, -0.15) is 0 Å². The van der Waals surface area contributed by atoms with Crippen molar-refractivity contribution in [2.45, 2.75) is 18.8 Å². The van der Waals surface area contributed by atoms with Crippen LogP contribution in [-0.2, 0) is 9.59 Å². The van der Waals surface area contributed by atoms with Gasteiger partial charge in [-0.15, -0.1) is 13.2 Å². The molecule has 9 heteroatoms. The molecule has 0 spiro atoms. The van der Waals surface area contributed by atoms with E-state index in [4.69, 9.17) is 11.6 Å². The van der Waals surface area contributed by atoms with Gasteiger partial charge >= 0.3 is 6.36 Å². The molecule has 0 radical (unpaired) electrons. The molecular formula is C19H16ClF3N2O3. The number of amides is 2. The monoisotopic (exact) mass is 412 g/mol. The lowest BCUT2D eigenvalue weighted by Crippen LogP contribution is -2.35. The van der Waals surface area contributed by atoms with Gasteiger partial charge in [0, 0.05) is 18.0 Å². The van der Waals surface area contributed by atoms with Crippen LogP contribution in [0.15, 0.2) is 48.5 Å². The molecule has 0 aromatic heterocycles. The van der Waals surface area contributed by atoms with Gasteiger partial charge in [-0.25, -0.2) is 0 Å². The third-order valence-corrected chi connectivity index (χ3v) is 4.54. The molecule has 28 heavy (non-hydrogen) atoms. The Morgan fingerprint density at radius 1 is 1.11 bits per heavy atom. The van der Waals surface area contributed by atoms with Gasteiger partial charge in [0.1, 0.15) is 5.75 Å². The molecule has 1 aliphatic heterocycles. The summed E-state index contributed by atoms with van der Waals surface area (Å²) >= 11 is 5.91. The second kappa shape index (κ2) is 8.10.